The number of hydrogen-bond donors (Lipinski definition) is 4. The zero-order valence-electron chi connectivity index (χ0n) is 5.20. The van der Waals surface area contributed by atoms with E-state index in [0.717, 1.165) is 0 Å². The van der Waals surface area contributed by atoms with E-state index in [2.05, 4.69) is 0 Å². The van der Waals surface area contributed by atoms with Crippen LogP contribution in [-0.4, -0.2) is 40.7 Å². The number of aliphatic hydroxyl groups excluding tert-OH is 3. The van der Waals surface area contributed by atoms with Crippen LogP contribution in [0.5, 0.6) is 0 Å². The summed E-state index contributed by atoms with van der Waals surface area (Å²) in [6, 6.07) is 0. The van der Waals surface area contributed by atoms with Crippen LogP contribution in [0.3, 0.4) is 0 Å². The smallest absolute Gasteiger partial charge is 0.103 e. The molecule has 0 heterocycles. The van der Waals surface area contributed by atoms with Crippen LogP contribution >= 0.6 is 0 Å². The molecule has 0 aliphatic rings. The van der Waals surface area contributed by atoms with Gasteiger partial charge in [-0.2, -0.15) is 0 Å². The maximum absolute atomic E-state index is 8.83. The average molecular weight is 135 g/mol. The van der Waals surface area contributed by atoms with Gasteiger partial charge in [-0.3, -0.25) is 0 Å². The maximum atomic E-state index is 8.83. The standard InChI is InChI=1S/C5H13NO3/c6-2-1-4(8)5(9)3-7/h4-5,7-9H,1-3,6H2. The van der Waals surface area contributed by atoms with Gasteiger partial charge in [0.1, 0.15) is 6.10 Å². The van der Waals surface area contributed by atoms with Crippen molar-refractivity contribution < 1.29 is 15.3 Å². The second-order valence-electron chi connectivity index (χ2n) is 1.89. The van der Waals surface area contributed by atoms with E-state index in [1.165, 1.54) is 0 Å². The summed E-state index contributed by atoms with van der Waals surface area (Å²) in [4.78, 5) is 0. The van der Waals surface area contributed by atoms with Crippen LogP contribution in [0, 0.1) is 0 Å². The van der Waals surface area contributed by atoms with Crippen LogP contribution in [0.1, 0.15) is 6.42 Å². The van der Waals surface area contributed by atoms with Gasteiger partial charge in [0.15, 0.2) is 0 Å². The van der Waals surface area contributed by atoms with Gasteiger partial charge in [-0.25, -0.2) is 0 Å². The minimum Gasteiger partial charge on any atom is -0.394 e. The third-order valence-electron chi connectivity index (χ3n) is 1.09. The van der Waals surface area contributed by atoms with Crippen LogP contribution in [0.2, 0.25) is 0 Å². The third-order valence-corrected chi connectivity index (χ3v) is 1.09. The van der Waals surface area contributed by atoms with Crippen LogP contribution in [0.15, 0.2) is 0 Å². The van der Waals surface area contributed by atoms with Gasteiger partial charge in [0, 0.05) is 0 Å². The molecule has 0 aliphatic carbocycles. The molecule has 2 atom stereocenters. The zero-order chi connectivity index (χ0) is 7.28. The summed E-state index contributed by atoms with van der Waals surface area (Å²) < 4.78 is 0. The van der Waals surface area contributed by atoms with E-state index in [1.807, 2.05) is 0 Å². The van der Waals surface area contributed by atoms with E-state index in [9.17, 15) is 0 Å². The van der Waals surface area contributed by atoms with Crippen molar-refractivity contribution in [1.29, 1.82) is 0 Å². The van der Waals surface area contributed by atoms with Crippen molar-refractivity contribution in [2.45, 2.75) is 18.6 Å². The van der Waals surface area contributed by atoms with Crippen molar-refractivity contribution >= 4 is 0 Å². The minimum absolute atomic E-state index is 0.318. The number of hydrogen-bond acceptors (Lipinski definition) is 4. The average Bonchev–Trinajstić information content (AvgIpc) is 1.87. The van der Waals surface area contributed by atoms with Crippen molar-refractivity contribution in [3.05, 3.63) is 0 Å². The topological polar surface area (TPSA) is 86.7 Å². The monoisotopic (exact) mass is 135 g/mol. The highest BCUT2D eigenvalue weighted by atomic mass is 16.4. The van der Waals surface area contributed by atoms with Gasteiger partial charge in [0.2, 0.25) is 0 Å². The summed E-state index contributed by atoms with van der Waals surface area (Å²) in [5.41, 5.74) is 5.07. The molecule has 0 saturated carbocycles. The lowest BCUT2D eigenvalue weighted by Gasteiger charge is -2.13. The Bertz CT molecular complexity index is 69.2. The summed E-state index contributed by atoms with van der Waals surface area (Å²) >= 11 is 0. The van der Waals surface area contributed by atoms with Crippen molar-refractivity contribution in [2.75, 3.05) is 13.2 Å². The van der Waals surface area contributed by atoms with E-state index in [1.54, 1.807) is 0 Å². The number of rotatable bonds is 4. The molecule has 0 fully saturated rings. The molecular formula is C5H13NO3. The van der Waals surface area contributed by atoms with Gasteiger partial charge < -0.3 is 21.1 Å². The summed E-state index contributed by atoms with van der Waals surface area (Å²) in [6.07, 6.45) is -1.62. The Balaban J connectivity index is 3.32. The third kappa shape index (κ3) is 3.42. The second-order valence-corrected chi connectivity index (χ2v) is 1.89. The van der Waals surface area contributed by atoms with E-state index < -0.39 is 18.8 Å². The first-order valence-corrected chi connectivity index (χ1v) is 2.89. The lowest BCUT2D eigenvalue weighted by Crippen LogP contribution is -2.31. The Labute approximate surface area is 53.9 Å². The lowest BCUT2D eigenvalue weighted by atomic mass is 10.1. The molecule has 4 nitrogen and oxygen atoms in total. The molecule has 0 aliphatic heterocycles. The van der Waals surface area contributed by atoms with Gasteiger partial charge in [-0.05, 0) is 13.0 Å². The Morgan fingerprint density at radius 3 is 2.11 bits per heavy atom. The molecule has 56 valence electrons. The van der Waals surface area contributed by atoms with Crippen LogP contribution in [-0.2, 0) is 0 Å². The molecular weight excluding hydrogens is 122 g/mol. The highest BCUT2D eigenvalue weighted by molar-refractivity contribution is 4.65. The second kappa shape index (κ2) is 4.69. The Hall–Kier alpha value is -0.160. The summed E-state index contributed by atoms with van der Waals surface area (Å²) in [5, 5.41) is 25.8. The number of nitrogens with two attached hydrogens (primary N) is 1. The fraction of sp³-hybridized carbons (Fsp3) is 1.00. The largest absolute Gasteiger partial charge is 0.394 e. The molecule has 0 amide bonds. The normalized spacial score (nSPS) is 17.3. The Morgan fingerprint density at radius 2 is 1.78 bits per heavy atom. The first-order chi connectivity index (χ1) is 4.22. The van der Waals surface area contributed by atoms with Gasteiger partial charge in [-0.15, -0.1) is 0 Å². The molecule has 5 N–H and O–H groups in total. The predicted octanol–water partition coefficient (Wildman–Crippen LogP) is -1.95. The zero-order valence-corrected chi connectivity index (χ0v) is 5.20. The molecule has 0 aromatic heterocycles. The van der Waals surface area contributed by atoms with E-state index in [0.29, 0.717) is 13.0 Å². The minimum atomic E-state index is -1.05. The lowest BCUT2D eigenvalue weighted by molar-refractivity contribution is -0.0162. The fourth-order valence-electron chi connectivity index (χ4n) is 0.485. The SMILES string of the molecule is NCCC(O)C(O)CO. The molecule has 9 heavy (non-hydrogen) atoms. The summed E-state index contributed by atoms with van der Waals surface area (Å²) in [5.74, 6) is 0. The van der Waals surface area contributed by atoms with Crippen LogP contribution in [0.4, 0.5) is 0 Å². The van der Waals surface area contributed by atoms with Crippen LogP contribution < -0.4 is 5.73 Å². The first kappa shape index (κ1) is 8.84. The Kier molecular flexibility index (Phi) is 4.61. The van der Waals surface area contributed by atoms with E-state index in [4.69, 9.17) is 21.1 Å². The Morgan fingerprint density at radius 1 is 1.22 bits per heavy atom. The highest BCUT2D eigenvalue weighted by Gasteiger charge is 2.12. The summed E-state index contributed by atoms with van der Waals surface area (Å²) in [7, 11) is 0. The predicted molar refractivity (Wildman–Crippen MR) is 32.8 cm³/mol. The fourth-order valence-corrected chi connectivity index (χ4v) is 0.485. The molecule has 0 bridgehead atoms. The molecule has 0 radical (unpaired) electrons. The summed E-state index contributed by atoms with van der Waals surface area (Å²) in [6.45, 7) is -0.0978. The van der Waals surface area contributed by atoms with Crippen molar-refractivity contribution in [3.8, 4) is 0 Å². The molecule has 0 rings (SSSR count). The highest BCUT2D eigenvalue weighted by Crippen LogP contribution is 1.95. The van der Waals surface area contributed by atoms with Crippen molar-refractivity contribution in [1.82, 2.24) is 0 Å². The first-order valence-electron chi connectivity index (χ1n) is 2.89. The van der Waals surface area contributed by atoms with E-state index >= 15 is 0 Å². The van der Waals surface area contributed by atoms with Crippen molar-refractivity contribution in [3.63, 3.8) is 0 Å². The van der Waals surface area contributed by atoms with Gasteiger partial charge in [0.05, 0.1) is 12.7 Å². The molecule has 0 saturated heterocycles. The van der Waals surface area contributed by atoms with Crippen LogP contribution in [0.25, 0.3) is 0 Å². The maximum Gasteiger partial charge on any atom is 0.103 e. The molecule has 2 unspecified atom stereocenters. The number of aliphatic hydroxyl groups is 3. The van der Waals surface area contributed by atoms with E-state index in [-0.39, 0.29) is 0 Å². The van der Waals surface area contributed by atoms with Gasteiger partial charge in [-0.1, -0.05) is 0 Å². The molecule has 0 spiro atoms. The molecule has 0 aromatic carbocycles. The van der Waals surface area contributed by atoms with Gasteiger partial charge in [0.25, 0.3) is 0 Å². The van der Waals surface area contributed by atoms with Gasteiger partial charge >= 0.3 is 0 Å². The molecule has 4 heteroatoms. The molecule has 0 aromatic rings. The quantitative estimate of drug-likeness (QED) is 0.361. The van der Waals surface area contributed by atoms with Crippen molar-refractivity contribution in [2.24, 2.45) is 5.73 Å².